The van der Waals surface area contributed by atoms with E-state index in [4.69, 9.17) is 5.11 Å². The van der Waals surface area contributed by atoms with E-state index in [0.29, 0.717) is 17.9 Å². The molecule has 1 aromatic heterocycles. The van der Waals surface area contributed by atoms with Crippen molar-refractivity contribution in [3.8, 4) is 11.3 Å². The van der Waals surface area contributed by atoms with Crippen molar-refractivity contribution >= 4 is 23.6 Å². The third-order valence-corrected chi connectivity index (χ3v) is 3.93. The molecule has 1 heterocycles. The lowest BCUT2D eigenvalue weighted by Crippen LogP contribution is -2.26. The molecule has 0 saturated heterocycles. The van der Waals surface area contributed by atoms with E-state index in [2.05, 4.69) is 10.4 Å². The van der Waals surface area contributed by atoms with Crippen LogP contribution in [0, 0.1) is 0 Å². The molecule has 0 spiro atoms. The Kier molecular flexibility index (Phi) is 5.60. The molecule has 2 aromatic rings. The molecule has 22 heavy (non-hydrogen) atoms. The first-order valence-electron chi connectivity index (χ1n) is 6.74. The van der Waals surface area contributed by atoms with Crippen molar-refractivity contribution in [2.45, 2.75) is 0 Å². The fourth-order valence-electron chi connectivity index (χ4n) is 2.03. The summed E-state index contributed by atoms with van der Waals surface area (Å²) in [5, 5.41) is 15.5. The van der Waals surface area contributed by atoms with E-state index < -0.39 is 5.97 Å². The second-order valence-electron chi connectivity index (χ2n) is 4.60. The van der Waals surface area contributed by atoms with Crippen molar-refractivity contribution in [3.63, 3.8) is 0 Å². The molecule has 116 valence electrons. The molecule has 0 fully saturated rings. The van der Waals surface area contributed by atoms with Gasteiger partial charge in [-0.1, -0.05) is 30.3 Å². The normalized spacial score (nSPS) is 10.4. The van der Waals surface area contributed by atoms with Gasteiger partial charge in [-0.15, -0.1) is 11.8 Å². The van der Waals surface area contributed by atoms with Gasteiger partial charge >= 0.3 is 5.97 Å². The van der Waals surface area contributed by atoms with E-state index in [1.807, 2.05) is 30.3 Å². The Balaban J connectivity index is 2.01. The Morgan fingerprint density at radius 1 is 1.32 bits per heavy atom. The molecule has 7 heteroatoms. The maximum absolute atomic E-state index is 12.3. The van der Waals surface area contributed by atoms with Crippen molar-refractivity contribution in [2.24, 2.45) is 7.05 Å². The van der Waals surface area contributed by atoms with Gasteiger partial charge in [0.15, 0.2) is 0 Å². The lowest BCUT2D eigenvalue weighted by Gasteiger charge is -2.07. The van der Waals surface area contributed by atoms with Crippen molar-refractivity contribution in [2.75, 3.05) is 18.1 Å². The molecule has 2 rings (SSSR count). The fourth-order valence-corrected chi connectivity index (χ4v) is 2.60. The molecule has 0 saturated carbocycles. The average Bonchev–Trinajstić information content (AvgIpc) is 2.89. The number of amides is 1. The number of aromatic nitrogens is 2. The van der Waals surface area contributed by atoms with Crippen LogP contribution in [0.15, 0.2) is 36.5 Å². The molecule has 6 nitrogen and oxygen atoms in total. The van der Waals surface area contributed by atoms with Gasteiger partial charge in [0.25, 0.3) is 5.91 Å². The smallest absolute Gasteiger partial charge is 0.313 e. The van der Waals surface area contributed by atoms with Gasteiger partial charge in [-0.3, -0.25) is 14.3 Å². The minimum Gasteiger partial charge on any atom is -0.481 e. The van der Waals surface area contributed by atoms with E-state index in [-0.39, 0.29) is 11.7 Å². The number of carbonyl (C=O) groups is 2. The zero-order valence-corrected chi connectivity index (χ0v) is 13.0. The molecule has 1 aromatic carbocycles. The highest BCUT2D eigenvalue weighted by molar-refractivity contribution is 7.99. The van der Waals surface area contributed by atoms with Gasteiger partial charge in [0.1, 0.15) is 0 Å². The van der Waals surface area contributed by atoms with Gasteiger partial charge in [0.2, 0.25) is 0 Å². The summed E-state index contributed by atoms with van der Waals surface area (Å²) in [6, 6.07) is 9.59. The summed E-state index contributed by atoms with van der Waals surface area (Å²) in [5.74, 6) is -0.463. The van der Waals surface area contributed by atoms with Crippen LogP contribution < -0.4 is 5.32 Å². The Morgan fingerprint density at radius 2 is 2.05 bits per heavy atom. The summed E-state index contributed by atoms with van der Waals surface area (Å²) >= 11 is 1.27. The number of carbonyl (C=O) groups excluding carboxylic acids is 1. The first kappa shape index (κ1) is 16.1. The monoisotopic (exact) mass is 319 g/mol. The summed E-state index contributed by atoms with van der Waals surface area (Å²) in [7, 11) is 1.79. The van der Waals surface area contributed by atoms with Crippen LogP contribution in [0.1, 0.15) is 10.4 Å². The number of hydrogen-bond acceptors (Lipinski definition) is 4. The molecule has 0 atom stereocenters. The van der Waals surface area contributed by atoms with Crippen molar-refractivity contribution in [1.29, 1.82) is 0 Å². The van der Waals surface area contributed by atoms with Crippen LogP contribution in [0.2, 0.25) is 0 Å². The summed E-state index contributed by atoms with van der Waals surface area (Å²) in [5.41, 5.74) is 2.20. The first-order valence-corrected chi connectivity index (χ1v) is 7.90. The van der Waals surface area contributed by atoms with Gasteiger partial charge < -0.3 is 10.4 Å². The molecule has 1 amide bonds. The van der Waals surface area contributed by atoms with Crippen LogP contribution in [-0.4, -0.2) is 44.8 Å². The summed E-state index contributed by atoms with van der Waals surface area (Å²) in [6.07, 6.45) is 1.54. The molecule has 0 aliphatic heterocycles. The first-order chi connectivity index (χ1) is 10.6. The number of carboxylic acids is 1. The van der Waals surface area contributed by atoms with E-state index in [1.54, 1.807) is 17.9 Å². The van der Waals surface area contributed by atoms with Crippen LogP contribution in [0.4, 0.5) is 0 Å². The van der Waals surface area contributed by atoms with E-state index in [0.717, 1.165) is 11.3 Å². The number of benzene rings is 1. The number of nitrogens with zero attached hydrogens (tertiary/aromatic N) is 2. The zero-order chi connectivity index (χ0) is 15.9. The van der Waals surface area contributed by atoms with Crippen molar-refractivity contribution in [1.82, 2.24) is 15.1 Å². The maximum atomic E-state index is 12.3. The fraction of sp³-hybridized carbons (Fsp3) is 0.267. The average molecular weight is 319 g/mol. The van der Waals surface area contributed by atoms with Gasteiger partial charge in [0.05, 0.1) is 23.2 Å². The third-order valence-electron chi connectivity index (χ3n) is 2.99. The standard InChI is InChI=1S/C15H17N3O3S/c1-18-14(11-5-3-2-4-6-11)12(9-17-18)15(21)16-7-8-22-10-13(19)20/h2-6,9H,7-8,10H2,1H3,(H,16,21)(H,19,20). The van der Waals surface area contributed by atoms with Crippen LogP contribution in [0.25, 0.3) is 11.3 Å². The Morgan fingerprint density at radius 3 is 2.73 bits per heavy atom. The third kappa shape index (κ3) is 4.11. The largest absolute Gasteiger partial charge is 0.481 e. The molecular weight excluding hydrogens is 302 g/mol. The summed E-state index contributed by atoms with van der Waals surface area (Å²) < 4.78 is 1.67. The molecule has 0 bridgehead atoms. The number of aryl methyl sites for hydroxylation is 1. The quantitative estimate of drug-likeness (QED) is 0.758. The number of carboxylic acid groups (broad SMARTS) is 1. The second kappa shape index (κ2) is 7.65. The number of aliphatic carboxylic acids is 1. The summed E-state index contributed by atoms with van der Waals surface area (Å²) in [6.45, 7) is 0.417. The zero-order valence-electron chi connectivity index (χ0n) is 12.2. The van der Waals surface area contributed by atoms with Crippen LogP contribution in [0.5, 0.6) is 0 Å². The highest BCUT2D eigenvalue weighted by Crippen LogP contribution is 2.22. The van der Waals surface area contributed by atoms with Crippen LogP contribution >= 0.6 is 11.8 Å². The Hall–Kier alpha value is -2.28. The topological polar surface area (TPSA) is 84.2 Å². The van der Waals surface area contributed by atoms with Crippen molar-refractivity contribution in [3.05, 3.63) is 42.1 Å². The van der Waals surface area contributed by atoms with Crippen molar-refractivity contribution < 1.29 is 14.7 Å². The lowest BCUT2D eigenvalue weighted by atomic mass is 10.1. The lowest BCUT2D eigenvalue weighted by molar-refractivity contribution is -0.133. The predicted molar refractivity (Wildman–Crippen MR) is 85.9 cm³/mol. The van der Waals surface area contributed by atoms with E-state index >= 15 is 0 Å². The molecule has 0 aliphatic rings. The van der Waals surface area contributed by atoms with Crippen LogP contribution in [-0.2, 0) is 11.8 Å². The SMILES string of the molecule is Cn1ncc(C(=O)NCCSCC(=O)O)c1-c1ccccc1. The highest BCUT2D eigenvalue weighted by Gasteiger charge is 2.16. The molecule has 0 aliphatic carbocycles. The number of hydrogen-bond donors (Lipinski definition) is 2. The number of thioether (sulfide) groups is 1. The highest BCUT2D eigenvalue weighted by atomic mass is 32.2. The van der Waals surface area contributed by atoms with Gasteiger partial charge in [-0.2, -0.15) is 5.10 Å². The Labute approximate surface area is 132 Å². The van der Waals surface area contributed by atoms with Gasteiger partial charge in [0, 0.05) is 24.9 Å². The summed E-state index contributed by atoms with van der Waals surface area (Å²) in [4.78, 5) is 22.7. The van der Waals surface area contributed by atoms with Gasteiger partial charge in [-0.25, -0.2) is 0 Å². The molecule has 0 unspecified atom stereocenters. The molecule has 2 N–H and O–H groups in total. The van der Waals surface area contributed by atoms with E-state index in [1.165, 1.54) is 11.8 Å². The maximum Gasteiger partial charge on any atom is 0.313 e. The molecule has 0 radical (unpaired) electrons. The predicted octanol–water partition coefficient (Wildman–Crippen LogP) is 1.63. The van der Waals surface area contributed by atoms with E-state index in [9.17, 15) is 9.59 Å². The number of nitrogens with one attached hydrogen (secondary N) is 1. The van der Waals surface area contributed by atoms with Gasteiger partial charge in [-0.05, 0) is 0 Å². The Bertz CT molecular complexity index is 655. The molecular formula is C15H17N3O3S. The minimum atomic E-state index is -0.852. The number of rotatable bonds is 7. The minimum absolute atomic E-state index is 0.0397. The van der Waals surface area contributed by atoms with Crippen LogP contribution in [0.3, 0.4) is 0 Å². The second-order valence-corrected chi connectivity index (χ2v) is 5.70.